The Balaban J connectivity index is 2.80. The molecule has 0 radical (unpaired) electrons. The second-order valence-corrected chi connectivity index (χ2v) is 2.16. The molecule has 0 saturated heterocycles. The van der Waals surface area contributed by atoms with E-state index in [0.717, 1.165) is 0 Å². The van der Waals surface area contributed by atoms with Crippen molar-refractivity contribution >= 4 is 5.97 Å². The highest BCUT2D eigenvalue weighted by atomic mass is 16.5. The first-order valence-corrected chi connectivity index (χ1v) is 3.50. The molecular weight excluding hydrogens is 170 g/mol. The van der Waals surface area contributed by atoms with E-state index in [1.54, 1.807) is 12.1 Å². The molecule has 4 heteroatoms. The number of aromatic carboxylic acids is 1. The molecule has 1 heterocycles. The number of hydrogen-bond acceptors (Lipinski definition) is 3. The van der Waals surface area contributed by atoms with Crippen LogP contribution < -0.4 is 4.74 Å². The number of terminal acetylenes is 1. The first kappa shape index (κ1) is 9.07. The van der Waals surface area contributed by atoms with Crippen LogP contribution in [-0.2, 0) is 0 Å². The molecule has 1 aromatic heterocycles. The fourth-order valence-corrected chi connectivity index (χ4v) is 0.730. The number of rotatable bonds is 3. The second kappa shape index (κ2) is 4.12. The molecule has 0 saturated carbocycles. The van der Waals surface area contributed by atoms with Crippen LogP contribution in [0.3, 0.4) is 0 Å². The normalized spacial score (nSPS) is 8.85. The van der Waals surface area contributed by atoms with Gasteiger partial charge in [-0.05, 0) is 6.07 Å². The summed E-state index contributed by atoms with van der Waals surface area (Å²) in [6.07, 6.45) is 4.96. The zero-order valence-electron chi connectivity index (χ0n) is 6.73. The van der Waals surface area contributed by atoms with Gasteiger partial charge in [-0.2, -0.15) is 0 Å². The van der Waals surface area contributed by atoms with Crippen LogP contribution >= 0.6 is 0 Å². The summed E-state index contributed by atoms with van der Waals surface area (Å²) in [6.45, 7) is 0.0794. The molecule has 13 heavy (non-hydrogen) atoms. The van der Waals surface area contributed by atoms with E-state index in [9.17, 15) is 4.79 Å². The van der Waals surface area contributed by atoms with Crippen LogP contribution in [0.15, 0.2) is 18.2 Å². The predicted molar refractivity (Wildman–Crippen MR) is 45.5 cm³/mol. The minimum Gasteiger partial charge on any atom is -0.477 e. The maximum atomic E-state index is 10.5. The van der Waals surface area contributed by atoms with Crippen molar-refractivity contribution in [3.05, 3.63) is 23.9 Å². The minimum atomic E-state index is -1.09. The highest BCUT2D eigenvalue weighted by Crippen LogP contribution is 2.06. The number of hydrogen-bond donors (Lipinski definition) is 1. The highest BCUT2D eigenvalue weighted by Gasteiger charge is 2.04. The lowest BCUT2D eigenvalue weighted by molar-refractivity contribution is 0.0689. The van der Waals surface area contributed by atoms with Crippen molar-refractivity contribution in [2.24, 2.45) is 0 Å². The maximum absolute atomic E-state index is 10.5. The van der Waals surface area contributed by atoms with E-state index in [4.69, 9.17) is 16.3 Å². The summed E-state index contributed by atoms with van der Waals surface area (Å²) in [5.74, 6) is 1.38. The molecule has 0 atom stereocenters. The predicted octanol–water partition coefficient (Wildman–Crippen LogP) is 0.792. The highest BCUT2D eigenvalue weighted by molar-refractivity contribution is 5.85. The molecule has 66 valence electrons. The Hall–Kier alpha value is -2.02. The van der Waals surface area contributed by atoms with E-state index in [0.29, 0.717) is 0 Å². The van der Waals surface area contributed by atoms with Gasteiger partial charge in [-0.25, -0.2) is 9.78 Å². The number of carbonyl (C=O) groups is 1. The van der Waals surface area contributed by atoms with E-state index >= 15 is 0 Å². The van der Waals surface area contributed by atoms with Crippen LogP contribution in [0.2, 0.25) is 0 Å². The number of carboxylic acids is 1. The summed E-state index contributed by atoms with van der Waals surface area (Å²) in [5.41, 5.74) is -0.0606. The quantitative estimate of drug-likeness (QED) is 0.693. The Labute approximate surface area is 75.2 Å². The fraction of sp³-hybridized carbons (Fsp3) is 0.111. The van der Waals surface area contributed by atoms with Gasteiger partial charge in [0.05, 0.1) is 0 Å². The number of nitrogens with zero attached hydrogens (tertiary/aromatic N) is 1. The van der Waals surface area contributed by atoms with Crippen molar-refractivity contribution in [2.45, 2.75) is 0 Å². The Morgan fingerprint density at radius 2 is 2.46 bits per heavy atom. The van der Waals surface area contributed by atoms with Gasteiger partial charge in [0.25, 0.3) is 0 Å². The van der Waals surface area contributed by atoms with Crippen LogP contribution in [0.25, 0.3) is 0 Å². The van der Waals surface area contributed by atoms with E-state index in [2.05, 4.69) is 10.9 Å². The van der Waals surface area contributed by atoms with Crippen LogP contribution in [-0.4, -0.2) is 22.7 Å². The minimum absolute atomic E-state index is 0.0606. The molecule has 0 bridgehead atoms. The van der Waals surface area contributed by atoms with E-state index in [-0.39, 0.29) is 18.2 Å². The molecule has 0 spiro atoms. The molecular formula is C9H7NO3. The van der Waals surface area contributed by atoms with Crippen LogP contribution in [0.4, 0.5) is 0 Å². The third-order valence-electron chi connectivity index (χ3n) is 1.25. The van der Waals surface area contributed by atoms with E-state index in [1.807, 2.05) is 0 Å². The molecule has 0 aromatic carbocycles. The van der Waals surface area contributed by atoms with Gasteiger partial charge in [0, 0.05) is 6.07 Å². The summed E-state index contributed by atoms with van der Waals surface area (Å²) >= 11 is 0. The third-order valence-corrected chi connectivity index (χ3v) is 1.25. The topological polar surface area (TPSA) is 59.4 Å². The maximum Gasteiger partial charge on any atom is 0.354 e. The first-order valence-electron chi connectivity index (χ1n) is 3.50. The molecule has 1 aromatic rings. The van der Waals surface area contributed by atoms with Crippen LogP contribution in [0, 0.1) is 12.3 Å². The van der Waals surface area contributed by atoms with Crippen LogP contribution in [0.1, 0.15) is 10.5 Å². The van der Waals surface area contributed by atoms with Gasteiger partial charge >= 0.3 is 5.97 Å². The largest absolute Gasteiger partial charge is 0.477 e. The lowest BCUT2D eigenvalue weighted by Gasteiger charge is -2.00. The van der Waals surface area contributed by atoms with Gasteiger partial charge in [0.1, 0.15) is 0 Å². The molecule has 0 aliphatic heterocycles. The standard InChI is InChI=1S/C9H7NO3/c1-2-6-13-8-5-3-4-7(10-8)9(11)12/h1,3-5H,6H2,(H,11,12). The van der Waals surface area contributed by atoms with Gasteiger partial charge in [-0.15, -0.1) is 6.42 Å². The lowest BCUT2D eigenvalue weighted by Crippen LogP contribution is -2.02. The van der Waals surface area contributed by atoms with Crippen molar-refractivity contribution in [2.75, 3.05) is 6.61 Å². The SMILES string of the molecule is C#CCOc1cccc(C(=O)O)n1. The van der Waals surface area contributed by atoms with Crippen molar-refractivity contribution in [3.63, 3.8) is 0 Å². The van der Waals surface area contributed by atoms with Gasteiger partial charge in [0.2, 0.25) is 5.88 Å². The molecule has 0 aliphatic carbocycles. The zero-order chi connectivity index (χ0) is 9.68. The Kier molecular flexibility index (Phi) is 2.87. The molecule has 4 nitrogen and oxygen atoms in total. The number of ether oxygens (including phenoxy) is 1. The summed E-state index contributed by atoms with van der Waals surface area (Å²) < 4.78 is 4.94. The second-order valence-electron chi connectivity index (χ2n) is 2.16. The van der Waals surface area contributed by atoms with E-state index < -0.39 is 5.97 Å². The number of aromatic nitrogens is 1. The molecule has 1 rings (SSSR count). The van der Waals surface area contributed by atoms with Gasteiger partial charge in [-0.1, -0.05) is 12.0 Å². The summed E-state index contributed by atoms with van der Waals surface area (Å²) in [5, 5.41) is 8.58. The van der Waals surface area contributed by atoms with Gasteiger partial charge in [-0.3, -0.25) is 0 Å². The van der Waals surface area contributed by atoms with Crippen molar-refractivity contribution in [1.82, 2.24) is 4.98 Å². The number of pyridine rings is 1. The lowest BCUT2D eigenvalue weighted by atomic mass is 10.3. The van der Waals surface area contributed by atoms with Crippen LogP contribution in [0.5, 0.6) is 5.88 Å². The summed E-state index contributed by atoms with van der Waals surface area (Å²) in [4.78, 5) is 14.2. The monoisotopic (exact) mass is 177 g/mol. The molecule has 0 amide bonds. The Morgan fingerprint density at radius 1 is 1.69 bits per heavy atom. The van der Waals surface area contributed by atoms with Crippen molar-refractivity contribution < 1.29 is 14.6 Å². The van der Waals surface area contributed by atoms with Gasteiger partial charge < -0.3 is 9.84 Å². The summed E-state index contributed by atoms with van der Waals surface area (Å²) in [7, 11) is 0. The molecule has 0 aliphatic rings. The first-order chi connectivity index (χ1) is 6.24. The zero-order valence-corrected chi connectivity index (χ0v) is 6.73. The average Bonchev–Trinajstić information content (AvgIpc) is 2.15. The Morgan fingerprint density at radius 3 is 3.08 bits per heavy atom. The fourth-order valence-electron chi connectivity index (χ4n) is 0.730. The molecule has 1 N–H and O–H groups in total. The molecule has 0 fully saturated rings. The third kappa shape index (κ3) is 2.49. The smallest absolute Gasteiger partial charge is 0.354 e. The number of carboxylic acid groups (broad SMARTS) is 1. The Bertz CT molecular complexity index is 354. The average molecular weight is 177 g/mol. The van der Waals surface area contributed by atoms with Crippen molar-refractivity contribution in [3.8, 4) is 18.2 Å². The summed E-state index contributed by atoms with van der Waals surface area (Å²) in [6, 6.07) is 4.47. The van der Waals surface area contributed by atoms with Gasteiger partial charge in [0.15, 0.2) is 12.3 Å². The molecule has 0 unspecified atom stereocenters. The van der Waals surface area contributed by atoms with Crippen molar-refractivity contribution in [1.29, 1.82) is 0 Å². The van der Waals surface area contributed by atoms with E-state index in [1.165, 1.54) is 6.07 Å².